The van der Waals surface area contributed by atoms with Crippen LogP contribution in [0.25, 0.3) is 0 Å². The Bertz CT molecular complexity index is 657. The first-order valence-electron chi connectivity index (χ1n) is 7.58. The third-order valence-electron chi connectivity index (χ3n) is 4.49. The number of carbonyl (C=O) groups excluding carboxylic acids is 1. The van der Waals surface area contributed by atoms with E-state index in [0.29, 0.717) is 17.6 Å². The van der Waals surface area contributed by atoms with Gasteiger partial charge in [-0.3, -0.25) is 4.79 Å². The molecule has 0 spiro atoms. The van der Waals surface area contributed by atoms with E-state index < -0.39 is 10.0 Å². The van der Waals surface area contributed by atoms with Gasteiger partial charge >= 0.3 is 0 Å². The lowest BCUT2D eigenvalue weighted by molar-refractivity contribution is 0.0748. The Balaban J connectivity index is 1.75. The number of hydrogen-bond donors (Lipinski definition) is 2. The van der Waals surface area contributed by atoms with Crippen LogP contribution in [0.4, 0.5) is 0 Å². The number of likely N-dealkylation sites (tertiary alicyclic amines) is 1. The second kappa shape index (κ2) is 5.98. The molecule has 2 aliphatic rings. The van der Waals surface area contributed by atoms with Gasteiger partial charge in [-0.25, -0.2) is 13.1 Å². The van der Waals surface area contributed by atoms with Crippen LogP contribution in [0.1, 0.15) is 29.6 Å². The smallest absolute Gasteiger partial charge is 0.253 e. The van der Waals surface area contributed by atoms with E-state index in [4.69, 9.17) is 0 Å². The normalized spacial score (nSPS) is 25.0. The van der Waals surface area contributed by atoms with E-state index in [-0.39, 0.29) is 10.8 Å². The van der Waals surface area contributed by atoms with E-state index >= 15 is 0 Å². The van der Waals surface area contributed by atoms with Crippen LogP contribution in [0.15, 0.2) is 29.2 Å². The lowest BCUT2D eigenvalue weighted by Crippen LogP contribution is -2.39. The average molecular weight is 323 g/mol. The van der Waals surface area contributed by atoms with Crippen molar-refractivity contribution in [3.8, 4) is 0 Å². The van der Waals surface area contributed by atoms with Crippen molar-refractivity contribution < 1.29 is 13.2 Å². The van der Waals surface area contributed by atoms with Gasteiger partial charge in [0.05, 0.1) is 4.90 Å². The summed E-state index contributed by atoms with van der Waals surface area (Å²) in [5.41, 5.74) is 0.535. The van der Waals surface area contributed by atoms with Crippen molar-refractivity contribution in [1.29, 1.82) is 0 Å². The molecule has 1 aromatic carbocycles. The lowest BCUT2D eigenvalue weighted by atomic mass is 10.1. The molecule has 2 atom stereocenters. The SMILES string of the molecule is CNS(=O)(=O)c1ccc(C(=O)N2CCC3CCC(C2)N3)cc1. The Labute approximate surface area is 130 Å². The highest BCUT2D eigenvalue weighted by molar-refractivity contribution is 7.89. The van der Waals surface area contributed by atoms with Crippen LogP contribution in [0.5, 0.6) is 0 Å². The van der Waals surface area contributed by atoms with Crippen LogP contribution < -0.4 is 10.0 Å². The fourth-order valence-electron chi connectivity index (χ4n) is 3.20. The Morgan fingerprint density at radius 2 is 1.86 bits per heavy atom. The van der Waals surface area contributed by atoms with Crippen molar-refractivity contribution in [2.75, 3.05) is 20.1 Å². The summed E-state index contributed by atoms with van der Waals surface area (Å²) in [6.07, 6.45) is 3.30. The van der Waals surface area contributed by atoms with Gasteiger partial charge in [-0.15, -0.1) is 0 Å². The zero-order valence-corrected chi connectivity index (χ0v) is 13.4. The van der Waals surface area contributed by atoms with Gasteiger partial charge in [0.15, 0.2) is 0 Å². The summed E-state index contributed by atoms with van der Waals surface area (Å²) in [5, 5.41) is 3.54. The van der Waals surface area contributed by atoms with Crippen LogP contribution in [-0.4, -0.2) is 51.4 Å². The van der Waals surface area contributed by atoms with Gasteiger partial charge in [0.1, 0.15) is 0 Å². The van der Waals surface area contributed by atoms with Crippen molar-refractivity contribution in [3.63, 3.8) is 0 Å². The van der Waals surface area contributed by atoms with Gasteiger partial charge in [-0.05, 0) is 50.6 Å². The van der Waals surface area contributed by atoms with Crippen LogP contribution in [0.3, 0.4) is 0 Å². The molecule has 7 heteroatoms. The summed E-state index contributed by atoms with van der Waals surface area (Å²) in [6, 6.07) is 7.04. The third kappa shape index (κ3) is 3.02. The molecule has 3 rings (SSSR count). The van der Waals surface area contributed by atoms with Crippen molar-refractivity contribution in [1.82, 2.24) is 14.9 Å². The first kappa shape index (κ1) is 15.5. The molecule has 0 aromatic heterocycles. The highest BCUT2D eigenvalue weighted by atomic mass is 32.2. The average Bonchev–Trinajstić information content (AvgIpc) is 2.86. The zero-order chi connectivity index (χ0) is 15.7. The second-order valence-corrected chi connectivity index (χ2v) is 7.80. The first-order chi connectivity index (χ1) is 10.5. The van der Waals surface area contributed by atoms with Crippen LogP contribution in [0, 0.1) is 0 Å². The minimum atomic E-state index is -3.46. The van der Waals surface area contributed by atoms with E-state index in [1.54, 1.807) is 12.1 Å². The zero-order valence-electron chi connectivity index (χ0n) is 12.6. The number of nitrogens with one attached hydrogen (secondary N) is 2. The monoisotopic (exact) mass is 323 g/mol. The number of rotatable bonds is 3. The number of sulfonamides is 1. The molecule has 6 nitrogen and oxygen atoms in total. The number of nitrogens with zero attached hydrogens (tertiary/aromatic N) is 1. The van der Waals surface area contributed by atoms with Gasteiger partial charge in [-0.2, -0.15) is 0 Å². The fourth-order valence-corrected chi connectivity index (χ4v) is 3.93. The molecular formula is C15H21N3O3S. The van der Waals surface area contributed by atoms with Crippen molar-refractivity contribution >= 4 is 15.9 Å². The highest BCUT2D eigenvalue weighted by Gasteiger charge is 2.31. The number of fused-ring (bicyclic) bond motifs is 2. The Morgan fingerprint density at radius 3 is 2.55 bits per heavy atom. The standard InChI is InChI=1S/C15H21N3O3S/c1-16-22(20,21)14-6-2-11(3-7-14)15(19)18-9-8-12-4-5-13(10-18)17-12/h2-3,6-7,12-13,16-17H,4-5,8-10H2,1H3. The largest absolute Gasteiger partial charge is 0.337 e. The van der Waals surface area contributed by atoms with Crippen LogP contribution in [-0.2, 0) is 10.0 Å². The minimum absolute atomic E-state index is 0.0252. The summed E-state index contributed by atoms with van der Waals surface area (Å²) < 4.78 is 25.7. The van der Waals surface area contributed by atoms with Crippen LogP contribution in [0.2, 0.25) is 0 Å². The van der Waals surface area contributed by atoms with Crippen molar-refractivity contribution in [2.24, 2.45) is 0 Å². The van der Waals surface area contributed by atoms with Crippen LogP contribution >= 0.6 is 0 Å². The summed E-state index contributed by atoms with van der Waals surface area (Å²) in [4.78, 5) is 14.6. The van der Waals surface area contributed by atoms with E-state index in [1.165, 1.54) is 25.6 Å². The number of hydrogen-bond acceptors (Lipinski definition) is 4. The number of benzene rings is 1. The maximum Gasteiger partial charge on any atom is 0.253 e. The molecule has 0 radical (unpaired) electrons. The Morgan fingerprint density at radius 1 is 1.18 bits per heavy atom. The fraction of sp³-hybridized carbons (Fsp3) is 0.533. The van der Waals surface area contributed by atoms with E-state index in [1.807, 2.05) is 4.90 Å². The summed E-state index contributed by atoms with van der Waals surface area (Å²) in [7, 11) is -2.09. The molecule has 22 heavy (non-hydrogen) atoms. The molecule has 2 heterocycles. The van der Waals surface area contributed by atoms with Gasteiger partial charge in [0.25, 0.3) is 5.91 Å². The quantitative estimate of drug-likeness (QED) is 0.852. The molecular weight excluding hydrogens is 302 g/mol. The third-order valence-corrected chi connectivity index (χ3v) is 5.92. The number of amides is 1. The molecule has 0 aliphatic carbocycles. The van der Waals surface area contributed by atoms with Gasteiger partial charge in [0.2, 0.25) is 10.0 Å². The first-order valence-corrected chi connectivity index (χ1v) is 9.07. The molecule has 1 amide bonds. The van der Waals surface area contributed by atoms with Gasteiger partial charge in [-0.1, -0.05) is 0 Å². The number of carbonyl (C=O) groups is 1. The highest BCUT2D eigenvalue weighted by Crippen LogP contribution is 2.22. The predicted molar refractivity (Wildman–Crippen MR) is 83.2 cm³/mol. The molecule has 0 saturated carbocycles. The topological polar surface area (TPSA) is 78.5 Å². The molecule has 2 fully saturated rings. The minimum Gasteiger partial charge on any atom is -0.337 e. The lowest BCUT2D eigenvalue weighted by Gasteiger charge is -2.24. The second-order valence-electron chi connectivity index (χ2n) is 5.91. The molecule has 2 saturated heterocycles. The predicted octanol–water partition coefficient (Wildman–Crippen LogP) is 0.561. The van der Waals surface area contributed by atoms with Crippen molar-refractivity contribution in [2.45, 2.75) is 36.2 Å². The summed E-state index contributed by atoms with van der Waals surface area (Å²) >= 11 is 0. The molecule has 1 aromatic rings. The molecule has 2 unspecified atom stereocenters. The summed E-state index contributed by atoms with van der Waals surface area (Å²) in [6.45, 7) is 1.48. The Kier molecular flexibility index (Phi) is 4.20. The van der Waals surface area contributed by atoms with Crippen molar-refractivity contribution in [3.05, 3.63) is 29.8 Å². The van der Waals surface area contributed by atoms with E-state index in [0.717, 1.165) is 25.9 Å². The molecule has 2 N–H and O–H groups in total. The van der Waals surface area contributed by atoms with E-state index in [9.17, 15) is 13.2 Å². The summed E-state index contributed by atoms with van der Waals surface area (Å²) in [5.74, 6) is -0.0252. The Hall–Kier alpha value is -1.44. The van der Waals surface area contributed by atoms with Gasteiger partial charge < -0.3 is 10.2 Å². The molecule has 120 valence electrons. The maximum absolute atomic E-state index is 12.6. The maximum atomic E-state index is 12.6. The molecule has 2 aliphatic heterocycles. The van der Waals surface area contributed by atoms with E-state index in [2.05, 4.69) is 10.0 Å². The molecule has 2 bridgehead atoms. The van der Waals surface area contributed by atoms with Gasteiger partial charge in [0, 0.05) is 30.7 Å².